The van der Waals surface area contributed by atoms with Crippen molar-refractivity contribution in [2.75, 3.05) is 13.7 Å². The van der Waals surface area contributed by atoms with Gasteiger partial charge in [-0.3, -0.25) is 4.99 Å². The maximum Gasteiger partial charge on any atom is 0.139 e. The van der Waals surface area contributed by atoms with Crippen molar-refractivity contribution in [1.82, 2.24) is 5.32 Å². The van der Waals surface area contributed by atoms with Crippen LogP contribution in [0.25, 0.3) is 0 Å². The number of benzene rings is 1. The topological polar surface area (TPSA) is 115 Å². The maximum atomic E-state index is 9.88. The number of rotatable bonds is 4. The molecule has 0 radical (unpaired) electrons. The van der Waals surface area contributed by atoms with Crippen LogP contribution < -0.4 is 10.1 Å². The molecule has 0 bridgehead atoms. The second-order valence-electron chi connectivity index (χ2n) is 4.91. The number of methoxy groups -OCH3 is 1. The number of piperidine rings is 1. The van der Waals surface area contributed by atoms with Gasteiger partial charge < -0.3 is 30.5 Å². The summed E-state index contributed by atoms with van der Waals surface area (Å²) in [5, 5.41) is 41.2. The Morgan fingerprint density at radius 3 is 2.38 bits per heavy atom. The molecule has 1 aromatic carbocycles. The quantitative estimate of drug-likeness (QED) is 0.469. The van der Waals surface area contributed by atoms with Crippen molar-refractivity contribution in [3.8, 4) is 5.75 Å². The maximum absolute atomic E-state index is 9.88. The van der Waals surface area contributed by atoms with E-state index >= 15 is 0 Å². The molecule has 7 nitrogen and oxygen atoms in total. The van der Waals surface area contributed by atoms with Crippen LogP contribution in [0.4, 0.5) is 0 Å². The average Bonchev–Trinajstić information content (AvgIpc) is 2.52. The fourth-order valence-electron chi connectivity index (χ4n) is 2.15. The van der Waals surface area contributed by atoms with E-state index in [1.165, 1.54) is 0 Å². The van der Waals surface area contributed by atoms with Gasteiger partial charge in [-0.15, -0.1) is 0 Å². The largest absolute Gasteiger partial charge is 0.497 e. The molecule has 0 unspecified atom stereocenters. The molecule has 0 amide bonds. The van der Waals surface area contributed by atoms with Gasteiger partial charge in [0, 0.05) is 0 Å². The number of aliphatic imine (C=N–C) groups is 1. The molecular weight excluding hydrogens is 276 g/mol. The van der Waals surface area contributed by atoms with Crippen LogP contribution in [-0.4, -0.2) is 64.3 Å². The molecule has 0 aromatic heterocycles. The van der Waals surface area contributed by atoms with Crippen molar-refractivity contribution in [2.24, 2.45) is 4.99 Å². The number of amidine groups is 1. The summed E-state index contributed by atoms with van der Waals surface area (Å²) in [4.78, 5) is 4.21. The van der Waals surface area contributed by atoms with Crippen molar-refractivity contribution in [2.45, 2.75) is 30.9 Å². The Bertz CT molecular complexity index is 489. The zero-order valence-corrected chi connectivity index (χ0v) is 11.7. The Kier molecular flexibility index (Phi) is 5.13. The second-order valence-corrected chi connectivity index (χ2v) is 4.91. The minimum Gasteiger partial charge on any atom is -0.497 e. The molecular formula is C14H20N2O5. The smallest absolute Gasteiger partial charge is 0.139 e. The van der Waals surface area contributed by atoms with E-state index in [4.69, 9.17) is 9.84 Å². The Morgan fingerprint density at radius 2 is 1.81 bits per heavy atom. The normalized spacial score (nSPS) is 31.0. The minimum atomic E-state index is -1.38. The van der Waals surface area contributed by atoms with Crippen molar-refractivity contribution < 1.29 is 25.2 Å². The number of nitrogens with zero attached hydrogens (tertiary/aromatic N) is 1. The van der Waals surface area contributed by atoms with E-state index in [2.05, 4.69) is 10.3 Å². The van der Waals surface area contributed by atoms with Crippen molar-refractivity contribution >= 4 is 5.84 Å². The summed E-state index contributed by atoms with van der Waals surface area (Å²) in [5.41, 5.74) is 0.901. The Balaban J connectivity index is 2.08. The van der Waals surface area contributed by atoms with Gasteiger partial charge >= 0.3 is 0 Å². The molecule has 1 aliphatic rings. The molecule has 1 saturated heterocycles. The van der Waals surface area contributed by atoms with Gasteiger partial charge in [-0.05, 0) is 17.7 Å². The molecule has 5 N–H and O–H groups in total. The summed E-state index contributed by atoms with van der Waals surface area (Å²) in [6.45, 7) is -0.0726. The number of hydrogen-bond acceptors (Lipinski definition) is 6. The highest BCUT2D eigenvalue weighted by Crippen LogP contribution is 2.15. The molecule has 4 atom stereocenters. The lowest BCUT2D eigenvalue weighted by Crippen LogP contribution is -2.63. The highest BCUT2D eigenvalue weighted by atomic mass is 16.5. The van der Waals surface area contributed by atoms with E-state index in [-0.39, 0.29) is 12.4 Å². The van der Waals surface area contributed by atoms with Gasteiger partial charge in [0.05, 0.1) is 26.3 Å². The van der Waals surface area contributed by atoms with Crippen molar-refractivity contribution in [1.29, 1.82) is 0 Å². The van der Waals surface area contributed by atoms with Gasteiger partial charge in [0.15, 0.2) is 0 Å². The summed E-state index contributed by atoms with van der Waals surface area (Å²) >= 11 is 0. The molecule has 1 aliphatic heterocycles. The Labute approximate surface area is 122 Å². The first kappa shape index (κ1) is 15.7. The fourth-order valence-corrected chi connectivity index (χ4v) is 2.15. The lowest BCUT2D eigenvalue weighted by atomic mass is 9.95. The van der Waals surface area contributed by atoms with E-state index in [0.717, 1.165) is 11.3 Å². The molecule has 21 heavy (non-hydrogen) atoms. The number of nitrogens with one attached hydrogen (secondary N) is 1. The van der Waals surface area contributed by atoms with Gasteiger partial charge in [0.1, 0.15) is 29.9 Å². The van der Waals surface area contributed by atoms with Crippen LogP contribution in [0, 0.1) is 0 Å². The molecule has 2 rings (SSSR count). The zero-order chi connectivity index (χ0) is 15.4. The molecule has 0 spiro atoms. The molecule has 1 fully saturated rings. The van der Waals surface area contributed by atoms with Crippen LogP contribution in [0.15, 0.2) is 29.3 Å². The van der Waals surface area contributed by atoms with Gasteiger partial charge in [0.2, 0.25) is 0 Å². The van der Waals surface area contributed by atoms with Crippen LogP contribution in [0.3, 0.4) is 0 Å². The van der Waals surface area contributed by atoms with E-state index in [0.29, 0.717) is 6.54 Å². The predicted molar refractivity (Wildman–Crippen MR) is 76.2 cm³/mol. The van der Waals surface area contributed by atoms with Gasteiger partial charge in [-0.2, -0.15) is 0 Å². The van der Waals surface area contributed by atoms with Crippen molar-refractivity contribution in [3.05, 3.63) is 29.8 Å². The van der Waals surface area contributed by atoms with Crippen LogP contribution >= 0.6 is 0 Å². The monoisotopic (exact) mass is 296 g/mol. The van der Waals surface area contributed by atoms with Crippen molar-refractivity contribution in [3.63, 3.8) is 0 Å². The number of aliphatic hydroxyl groups is 4. The first-order valence-electron chi connectivity index (χ1n) is 6.65. The SMILES string of the molecule is COc1ccc(CN=C2N[C@H](CO)[C@H](O)[C@H](O)[C@H]2O)cc1. The molecule has 1 aromatic rings. The fraction of sp³-hybridized carbons (Fsp3) is 0.500. The summed E-state index contributed by atoms with van der Waals surface area (Å²) in [5.74, 6) is 0.892. The lowest BCUT2D eigenvalue weighted by Gasteiger charge is -2.36. The minimum absolute atomic E-state index is 0.155. The van der Waals surface area contributed by atoms with Crippen LogP contribution in [0.5, 0.6) is 5.75 Å². The molecule has 7 heteroatoms. The lowest BCUT2D eigenvalue weighted by molar-refractivity contribution is -0.0681. The van der Waals surface area contributed by atoms with Crippen LogP contribution in [-0.2, 0) is 6.54 Å². The Hall–Kier alpha value is -1.67. The third kappa shape index (κ3) is 3.51. The first-order chi connectivity index (χ1) is 10.1. The van der Waals surface area contributed by atoms with Crippen LogP contribution in [0.2, 0.25) is 0 Å². The average molecular weight is 296 g/mol. The summed E-state index contributed by atoms with van der Waals surface area (Å²) < 4.78 is 5.06. The highest BCUT2D eigenvalue weighted by molar-refractivity contribution is 5.88. The molecule has 1 heterocycles. The van der Waals surface area contributed by atoms with Gasteiger partial charge in [0.25, 0.3) is 0 Å². The van der Waals surface area contributed by atoms with E-state index in [9.17, 15) is 15.3 Å². The molecule has 0 aliphatic carbocycles. The number of hydrogen-bond donors (Lipinski definition) is 5. The summed E-state index contributed by atoms with van der Waals surface area (Å²) in [6, 6.07) is 6.53. The second kappa shape index (κ2) is 6.86. The first-order valence-corrected chi connectivity index (χ1v) is 6.65. The third-order valence-corrected chi connectivity index (χ3v) is 3.49. The molecule has 116 valence electrons. The highest BCUT2D eigenvalue weighted by Gasteiger charge is 2.39. The van der Waals surface area contributed by atoms with E-state index in [1.807, 2.05) is 12.1 Å². The van der Waals surface area contributed by atoms with Crippen LogP contribution in [0.1, 0.15) is 5.56 Å². The van der Waals surface area contributed by atoms with Gasteiger partial charge in [-0.25, -0.2) is 0 Å². The van der Waals surface area contributed by atoms with E-state index < -0.39 is 24.4 Å². The standard InChI is InChI=1S/C14H20N2O5/c1-21-9-4-2-8(3-5-9)6-15-14-13(20)12(19)11(18)10(7-17)16-14/h2-5,10-13,17-20H,6-7H2,1H3,(H,15,16)/t10-,11+,12+,13-/m1/s1. The number of aliphatic hydroxyl groups excluding tert-OH is 4. The summed E-state index contributed by atoms with van der Waals surface area (Å²) in [7, 11) is 1.58. The summed E-state index contributed by atoms with van der Waals surface area (Å²) in [6.07, 6.45) is -3.93. The van der Waals surface area contributed by atoms with E-state index in [1.54, 1.807) is 19.2 Å². The number of ether oxygens (including phenoxy) is 1. The Morgan fingerprint density at radius 1 is 1.14 bits per heavy atom. The third-order valence-electron chi connectivity index (χ3n) is 3.49. The zero-order valence-electron chi connectivity index (χ0n) is 11.7. The van der Waals surface area contributed by atoms with Gasteiger partial charge in [-0.1, -0.05) is 12.1 Å². The predicted octanol–water partition coefficient (Wildman–Crippen LogP) is -1.36. The molecule has 0 saturated carbocycles.